The van der Waals surface area contributed by atoms with Crippen molar-refractivity contribution in [2.24, 2.45) is 13.0 Å². The average molecular weight is 313 g/mol. The molecule has 1 amide bonds. The Bertz CT molecular complexity index is 445. The molecule has 18 heavy (non-hydrogen) atoms. The molecule has 0 saturated carbocycles. The standard InChI is InChI=1S/C12H17BrN4O/c1-16-11(9(13)6-14-16)12(18)15-10-7-17-4-2-8(10)3-5-17/h6,8,10H,2-5,7H2,1H3,(H,15,18). The zero-order valence-corrected chi connectivity index (χ0v) is 12.0. The highest BCUT2D eigenvalue weighted by molar-refractivity contribution is 9.10. The second-order valence-corrected chi connectivity index (χ2v) is 6.04. The average Bonchev–Trinajstić information content (AvgIpc) is 2.70. The largest absolute Gasteiger partial charge is 0.346 e. The van der Waals surface area contributed by atoms with Crippen LogP contribution < -0.4 is 5.32 Å². The van der Waals surface area contributed by atoms with Crippen molar-refractivity contribution in [2.75, 3.05) is 19.6 Å². The number of hydrogen-bond donors (Lipinski definition) is 1. The topological polar surface area (TPSA) is 50.2 Å². The summed E-state index contributed by atoms with van der Waals surface area (Å²) in [7, 11) is 1.79. The van der Waals surface area contributed by atoms with Crippen LogP contribution in [0, 0.1) is 5.92 Å². The van der Waals surface area contributed by atoms with Gasteiger partial charge in [0.1, 0.15) is 5.69 Å². The molecule has 5 nitrogen and oxygen atoms in total. The minimum atomic E-state index is -0.0272. The molecule has 1 N–H and O–H groups in total. The summed E-state index contributed by atoms with van der Waals surface area (Å²) in [6, 6.07) is 0.293. The van der Waals surface area contributed by atoms with Crippen molar-refractivity contribution >= 4 is 21.8 Å². The van der Waals surface area contributed by atoms with E-state index in [2.05, 4.69) is 31.2 Å². The highest BCUT2D eigenvalue weighted by Gasteiger charge is 2.35. The Morgan fingerprint density at radius 3 is 2.72 bits per heavy atom. The molecule has 1 aromatic rings. The molecule has 0 radical (unpaired) electrons. The van der Waals surface area contributed by atoms with Crippen LogP contribution >= 0.6 is 15.9 Å². The molecule has 1 aromatic heterocycles. The molecule has 4 heterocycles. The lowest BCUT2D eigenvalue weighted by Crippen LogP contribution is -2.57. The molecule has 4 rings (SSSR count). The zero-order valence-electron chi connectivity index (χ0n) is 10.4. The van der Waals surface area contributed by atoms with E-state index in [0.29, 0.717) is 17.7 Å². The number of aromatic nitrogens is 2. The van der Waals surface area contributed by atoms with E-state index in [-0.39, 0.29) is 5.91 Å². The molecule has 3 fully saturated rings. The lowest BCUT2D eigenvalue weighted by atomic mass is 9.84. The number of nitrogens with one attached hydrogen (secondary N) is 1. The molecule has 3 aliphatic rings. The normalized spacial score (nSPS) is 30.4. The van der Waals surface area contributed by atoms with E-state index in [9.17, 15) is 4.79 Å². The van der Waals surface area contributed by atoms with Gasteiger partial charge in [0.25, 0.3) is 5.91 Å². The van der Waals surface area contributed by atoms with E-state index in [1.54, 1.807) is 17.9 Å². The van der Waals surface area contributed by atoms with Gasteiger partial charge in [0.2, 0.25) is 0 Å². The first kappa shape index (κ1) is 12.2. The third kappa shape index (κ3) is 2.07. The maximum absolute atomic E-state index is 12.3. The van der Waals surface area contributed by atoms with Gasteiger partial charge in [-0.05, 0) is 47.8 Å². The van der Waals surface area contributed by atoms with Gasteiger partial charge in [0, 0.05) is 19.6 Å². The smallest absolute Gasteiger partial charge is 0.270 e. The van der Waals surface area contributed by atoms with Gasteiger partial charge in [-0.2, -0.15) is 5.10 Å². The first-order valence-corrected chi connectivity index (χ1v) is 7.15. The summed E-state index contributed by atoms with van der Waals surface area (Å²) in [4.78, 5) is 14.7. The van der Waals surface area contributed by atoms with Crippen LogP contribution in [0.2, 0.25) is 0 Å². The highest BCUT2D eigenvalue weighted by atomic mass is 79.9. The van der Waals surface area contributed by atoms with Crippen molar-refractivity contribution in [2.45, 2.75) is 18.9 Å². The SMILES string of the molecule is Cn1ncc(Br)c1C(=O)NC1CN2CCC1CC2. The van der Waals surface area contributed by atoms with Gasteiger partial charge in [-0.1, -0.05) is 0 Å². The predicted octanol–water partition coefficient (Wildman–Crippen LogP) is 1.01. The number of halogens is 1. The van der Waals surface area contributed by atoms with Crippen LogP contribution in [-0.2, 0) is 7.05 Å². The lowest BCUT2D eigenvalue weighted by Gasteiger charge is -2.44. The minimum absolute atomic E-state index is 0.0272. The Labute approximate surface area is 115 Å². The second kappa shape index (κ2) is 4.66. The number of nitrogens with zero attached hydrogens (tertiary/aromatic N) is 3. The fourth-order valence-corrected chi connectivity index (χ4v) is 3.56. The first-order valence-electron chi connectivity index (χ1n) is 6.36. The van der Waals surface area contributed by atoms with E-state index in [0.717, 1.165) is 11.0 Å². The molecule has 6 heteroatoms. The highest BCUT2D eigenvalue weighted by Crippen LogP contribution is 2.28. The molecule has 0 spiro atoms. The van der Waals surface area contributed by atoms with Crippen LogP contribution in [0.5, 0.6) is 0 Å². The number of aryl methyl sites for hydroxylation is 1. The molecular weight excluding hydrogens is 296 g/mol. The van der Waals surface area contributed by atoms with Gasteiger partial charge in [-0.3, -0.25) is 9.48 Å². The Morgan fingerprint density at radius 1 is 1.50 bits per heavy atom. The summed E-state index contributed by atoms with van der Waals surface area (Å²) in [5, 5.41) is 7.24. The number of rotatable bonds is 2. The lowest BCUT2D eigenvalue weighted by molar-refractivity contribution is 0.0615. The van der Waals surface area contributed by atoms with Crippen LogP contribution in [0.3, 0.4) is 0 Å². The van der Waals surface area contributed by atoms with E-state index in [4.69, 9.17) is 0 Å². The van der Waals surface area contributed by atoms with Gasteiger partial charge < -0.3 is 10.2 Å². The number of amides is 1. The monoisotopic (exact) mass is 312 g/mol. The van der Waals surface area contributed by atoms with Gasteiger partial charge in [-0.15, -0.1) is 0 Å². The van der Waals surface area contributed by atoms with Gasteiger partial charge in [0.05, 0.1) is 10.7 Å². The van der Waals surface area contributed by atoms with E-state index in [1.807, 2.05) is 0 Å². The summed E-state index contributed by atoms with van der Waals surface area (Å²) in [6.45, 7) is 3.37. The molecule has 3 saturated heterocycles. The van der Waals surface area contributed by atoms with Gasteiger partial charge >= 0.3 is 0 Å². The van der Waals surface area contributed by atoms with Crippen LogP contribution in [-0.4, -0.2) is 46.3 Å². The molecule has 2 bridgehead atoms. The van der Waals surface area contributed by atoms with Gasteiger partial charge in [-0.25, -0.2) is 0 Å². The predicted molar refractivity (Wildman–Crippen MR) is 71.3 cm³/mol. The summed E-state index contributed by atoms with van der Waals surface area (Å²) in [6.07, 6.45) is 4.07. The van der Waals surface area contributed by atoms with Crippen molar-refractivity contribution < 1.29 is 4.79 Å². The number of hydrogen-bond acceptors (Lipinski definition) is 3. The van der Waals surface area contributed by atoms with Crippen LogP contribution in [0.25, 0.3) is 0 Å². The molecule has 1 unspecified atom stereocenters. The van der Waals surface area contributed by atoms with Crippen molar-refractivity contribution in [3.8, 4) is 0 Å². The Morgan fingerprint density at radius 2 is 2.22 bits per heavy atom. The van der Waals surface area contributed by atoms with E-state index in [1.165, 1.54) is 25.9 Å². The van der Waals surface area contributed by atoms with Gasteiger partial charge in [0.15, 0.2) is 0 Å². The quantitative estimate of drug-likeness (QED) is 0.886. The third-order valence-electron chi connectivity index (χ3n) is 4.08. The molecule has 98 valence electrons. The fraction of sp³-hybridized carbons (Fsp3) is 0.667. The van der Waals surface area contributed by atoms with Crippen molar-refractivity contribution in [1.29, 1.82) is 0 Å². The summed E-state index contributed by atoms with van der Waals surface area (Å²) < 4.78 is 2.37. The van der Waals surface area contributed by atoms with Crippen LogP contribution in [0.1, 0.15) is 23.3 Å². The summed E-state index contributed by atoms with van der Waals surface area (Å²) >= 11 is 3.37. The molecule has 0 aliphatic carbocycles. The first-order chi connectivity index (χ1) is 8.65. The van der Waals surface area contributed by atoms with E-state index < -0.39 is 0 Å². The molecule has 0 aromatic carbocycles. The molecular formula is C12H17BrN4O. The molecule has 3 aliphatic heterocycles. The molecule has 1 atom stereocenters. The zero-order chi connectivity index (χ0) is 12.7. The third-order valence-corrected chi connectivity index (χ3v) is 4.66. The summed E-state index contributed by atoms with van der Waals surface area (Å²) in [5.41, 5.74) is 0.603. The number of carbonyl (C=O) groups is 1. The van der Waals surface area contributed by atoms with Crippen molar-refractivity contribution in [1.82, 2.24) is 20.0 Å². The second-order valence-electron chi connectivity index (χ2n) is 5.18. The van der Waals surface area contributed by atoms with Crippen LogP contribution in [0.4, 0.5) is 0 Å². The Balaban J connectivity index is 1.72. The summed E-state index contributed by atoms with van der Waals surface area (Å²) in [5.74, 6) is 0.617. The Hall–Kier alpha value is -0.880. The van der Waals surface area contributed by atoms with Crippen molar-refractivity contribution in [3.63, 3.8) is 0 Å². The maximum atomic E-state index is 12.3. The minimum Gasteiger partial charge on any atom is -0.346 e. The van der Waals surface area contributed by atoms with E-state index >= 15 is 0 Å². The Kier molecular flexibility index (Phi) is 3.15. The maximum Gasteiger partial charge on any atom is 0.270 e. The number of fused-ring (bicyclic) bond motifs is 3. The number of piperidine rings is 3. The number of carbonyl (C=O) groups excluding carboxylic acids is 1. The fourth-order valence-electron chi connectivity index (χ4n) is 3.03. The van der Waals surface area contributed by atoms with Crippen molar-refractivity contribution in [3.05, 3.63) is 16.4 Å². The van der Waals surface area contributed by atoms with Crippen LogP contribution in [0.15, 0.2) is 10.7 Å².